The number of thioether (sulfide) groups is 1. The highest BCUT2D eigenvalue weighted by Gasteiger charge is 2.39. The second kappa shape index (κ2) is 5.45. The van der Waals surface area contributed by atoms with Crippen LogP contribution in [0.1, 0.15) is 12.5 Å². The lowest BCUT2D eigenvalue weighted by molar-refractivity contribution is -0.127. The van der Waals surface area contributed by atoms with Crippen LogP contribution < -0.4 is 0 Å². The Bertz CT molecular complexity index is 473. The van der Waals surface area contributed by atoms with Crippen LogP contribution in [0.4, 0.5) is 0 Å². The number of nitrogens with zero attached hydrogens (tertiary/aromatic N) is 2. The van der Waals surface area contributed by atoms with Crippen molar-refractivity contribution in [3.8, 4) is 0 Å². The molecule has 0 saturated carbocycles. The minimum Gasteiger partial charge on any atom is -0.293 e. The van der Waals surface area contributed by atoms with E-state index in [9.17, 15) is 4.79 Å². The molecular weight excluding hydrogens is 312 g/mol. The fourth-order valence-electron chi connectivity index (χ4n) is 1.69. The molecule has 0 aromatic heterocycles. The van der Waals surface area contributed by atoms with Crippen LogP contribution in [0.5, 0.6) is 0 Å². The molecule has 18 heavy (non-hydrogen) atoms. The fraction of sp³-hybridized carbons (Fsp3) is 0.385. The quantitative estimate of drug-likeness (QED) is 0.783. The molecule has 1 aromatic rings. The molecule has 3 nitrogen and oxygen atoms in total. The zero-order valence-electron chi connectivity index (χ0n) is 10.4. The van der Waals surface area contributed by atoms with Crippen LogP contribution in [-0.2, 0) is 11.3 Å². The third-order valence-electron chi connectivity index (χ3n) is 2.75. The van der Waals surface area contributed by atoms with Crippen molar-refractivity contribution < 1.29 is 4.79 Å². The summed E-state index contributed by atoms with van der Waals surface area (Å²) in [6.07, 6.45) is 0. The number of amidine groups is 1. The van der Waals surface area contributed by atoms with E-state index in [0.29, 0.717) is 12.3 Å². The summed E-state index contributed by atoms with van der Waals surface area (Å²) in [7, 11) is 1.78. The third kappa shape index (κ3) is 2.95. The lowest BCUT2D eigenvalue weighted by Crippen LogP contribution is -2.49. The molecule has 0 bridgehead atoms. The van der Waals surface area contributed by atoms with Crippen molar-refractivity contribution in [3.05, 3.63) is 35.9 Å². The van der Waals surface area contributed by atoms with Gasteiger partial charge in [-0.15, -0.1) is 0 Å². The summed E-state index contributed by atoms with van der Waals surface area (Å²) in [5, 5.41) is 0.792. The zero-order valence-corrected chi connectivity index (χ0v) is 12.8. The molecule has 1 fully saturated rings. The molecule has 0 spiro atoms. The first kappa shape index (κ1) is 13.6. The van der Waals surface area contributed by atoms with E-state index in [1.165, 1.54) is 0 Å². The number of amides is 1. The van der Waals surface area contributed by atoms with Crippen molar-refractivity contribution in [2.45, 2.75) is 17.8 Å². The van der Waals surface area contributed by atoms with Crippen molar-refractivity contribution in [2.75, 3.05) is 12.8 Å². The van der Waals surface area contributed by atoms with Crippen LogP contribution in [-0.4, -0.2) is 33.1 Å². The standard InChI is InChI=1S/C13H15BrN2OS/c1-13(14)9-18-12(16(2)11(13)17)15-8-10-6-4-3-5-7-10/h3-7H,8-9H2,1-2H3. The predicted molar refractivity (Wildman–Crippen MR) is 80.1 cm³/mol. The van der Waals surface area contributed by atoms with Gasteiger partial charge in [-0.25, -0.2) is 0 Å². The summed E-state index contributed by atoms with van der Waals surface area (Å²) in [6.45, 7) is 2.51. The number of rotatable bonds is 2. The maximum absolute atomic E-state index is 12.1. The Balaban J connectivity index is 2.09. The van der Waals surface area contributed by atoms with E-state index in [1.807, 2.05) is 37.3 Å². The fourth-order valence-corrected chi connectivity index (χ4v) is 3.25. The molecule has 96 valence electrons. The predicted octanol–water partition coefficient (Wildman–Crippen LogP) is 2.90. The Morgan fingerprint density at radius 3 is 2.78 bits per heavy atom. The first-order valence-corrected chi connectivity index (χ1v) is 7.47. The van der Waals surface area contributed by atoms with Gasteiger partial charge in [0, 0.05) is 12.8 Å². The zero-order chi connectivity index (χ0) is 13.2. The number of carbonyl (C=O) groups is 1. The summed E-state index contributed by atoms with van der Waals surface area (Å²) in [4.78, 5) is 18.2. The monoisotopic (exact) mass is 326 g/mol. The molecule has 1 aromatic carbocycles. The van der Waals surface area contributed by atoms with Gasteiger partial charge in [-0.05, 0) is 12.5 Å². The summed E-state index contributed by atoms with van der Waals surface area (Å²) < 4.78 is -0.474. The van der Waals surface area contributed by atoms with E-state index in [2.05, 4.69) is 20.9 Å². The molecule has 1 atom stereocenters. The Labute approximate surface area is 120 Å². The third-order valence-corrected chi connectivity index (χ3v) is 5.12. The molecule has 0 radical (unpaired) electrons. The highest BCUT2D eigenvalue weighted by Crippen LogP contribution is 2.32. The van der Waals surface area contributed by atoms with Gasteiger partial charge < -0.3 is 0 Å². The second-order valence-corrected chi connectivity index (χ2v) is 7.13. The molecule has 1 aliphatic rings. The van der Waals surface area contributed by atoms with E-state index in [-0.39, 0.29) is 5.91 Å². The number of aliphatic imine (C=N–C) groups is 1. The highest BCUT2D eigenvalue weighted by molar-refractivity contribution is 9.10. The lowest BCUT2D eigenvalue weighted by atomic mass is 10.2. The van der Waals surface area contributed by atoms with Gasteiger partial charge >= 0.3 is 0 Å². The van der Waals surface area contributed by atoms with Gasteiger partial charge in [-0.1, -0.05) is 58.0 Å². The number of carbonyl (C=O) groups excluding carboxylic acids is 1. The number of hydrogen-bond acceptors (Lipinski definition) is 3. The van der Waals surface area contributed by atoms with E-state index < -0.39 is 4.32 Å². The molecule has 2 rings (SSSR count). The number of benzene rings is 1. The minimum absolute atomic E-state index is 0.0630. The van der Waals surface area contributed by atoms with Crippen LogP contribution in [0.15, 0.2) is 35.3 Å². The normalized spacial score (nSPS) is 26.7. The number of halogens is 1. The van der Waals surface area contributed by atoms with Crippen LogP contribution >= 0.6 is 27.7 Å². The summed E-state index contributed by atoms with van der Waals surface area (Å²) in [6, 6.07) is 10.0. The van der Waals surface area contributed by atoms with Crippen LogP contribution in [0.3, 0.4) is 0 Å². The van der Waals surface area contributed by atoms with Gasteiger partial charge in [0.25, 0.3) is 0 Å². The van der Waals surface area contributed by atoms with Gasteiger partial charge in [0.05, 0.1) is 6.54 Å². The van der Waals surface area contributed by atoms with E-state index in [4.69, 9.17) is 0 Å². The Hall–Kier alpha value is -0.810. The Kier molecular flexibility index (Phi) is 4.12. The van der Waals surface area contributed by atoms with Crippen molar-refractivity contribution in [3.63, 3.8) is 0 Å². The first-order valence-electron chi connectivity index (χ1n) is 5.69. The van der Waals surface area contributed by atoms with Crippen LogP contribution in [0, 0.1) is 0 Å². The van der Waals surface area contributed by atoms with Crippen LogP contribution in [0.25, 0.3) is 0 Å². The SMILES string of the molecule is CN1C(=O)C(C)(Br)CSC1=NCc1ccccc1. The Morgan fingerprint density at radius 1 is 1.44 bits per heavy atom. The molecule has 0 N–H and O–H groups in total. The lowest BCUT2D eigenvalue weighted by Gasteiger charge is -2.33. The van der Waals surface area contributed by atoms with Gasteiger partial charge in [-0.2, -0.15) is 0 Å². The maximum atomic E-state index is 12.1. The molecule has 1 saturated heterocycles. The first-order chi connectivity index (χ1) is 8.50. The van der Waals surface area contributed by atoms with E-state index in [1.54, 1.807) is 23.7 Å². The Morgan fingerprint density at radius 2 is 2.11 bits per heavy atom. The molecule has 1 amide bonds. The molecule has 5 heteroatoms. The molecular formula is C13H15BrN2OS. The largest absolute Gasteiger partial charge is 0.293 e. The summed E-state index contributed by atoms with van der Waals surface area (Å²) in [5.74, 6) is 0.775. The van der Waals surface area contributed by atoms with Gasteiger partial charge in [0.1, 0.15) is 4.32 Å². The summed E-state index contributed by atoms with van der Waals surface area (Å²) in [5.41, 5.74) is 1.15. The average molecular weight is 327 g/mol. The smallest absolute Gasteiger partial charge is 0.245 e. The highest BCUT2D eigenvalue weighted by atomic mass is 79.9. The van der Waals surface area contributed by atoms with Crippen molar-refractivity contribution in [1.82, 2.24) is 4.90 Å². The van der Waals surface area contributed by atoms with Crippen molar-refractivity contribution in [1.29, 1.82) is 0 Å². The number of alkyl halides is 1. The molecule has 1 heterocycles. The van der Waals surface area contributed by atoms with E-state index in [0.717, 1.165) is 10.7 Å². The van der Waals surface area contributed by atoms with Crippen molar-refractivity contribution >= 4 is 38.8 Å². The maximum Gasteiger partial charge on any atom is 0.245 e. The van der Waals surface area contributed by atoms with Gasteiger partial charge in [-0.3, -0.25) is 14.7 Å². The molecule has 1 unspecified atom stereocenters. The van der Waals surface area contributed by atoms with Crippen molar-refractivity contribution in [2.24, 2.45) is 4.99 Å². The summed E-state index contributed by atoms with van der Waals surface area (Å²) >= 11 is 5.06. The van der Waals surface area contributed by atoms with Gasteiger partial charge in [0.2, 0.25) is 5.91 Å². The van der Waals surface area contributed by atoms with Gasteiger partial charge in [0.15, 0.2) is 5.17 Å². The number of hydrogen-bond donors (Lipinski definition) is 0. The average Bonchev–Trinajstić information content (AvgIpc) is 2.37. The second-order valence-electron chi connectivity index (χ2n) is 4.43. The molecule has 1 aliphatic heterocycles. The van der Waals surface area contributed by atoms with Crippen LogP contribution in [0.2, 0.25) is 0 Å². The van der Waals surface area contributed by atoms with E-state index >= 15 is 0 Å². The molecule has 0 aliphatic carbocycles. The topological polar surface area (TPSA) is 32.7 Å². The minimum atomic E-state index is -0.474.